The fourth-order valence-electron chi connectivity index (χ4n) is 1.59. The van der Waals surface area contributed by atoms with Crippen LogP contribution >= 0.6 is 11.3 Å². The molecule has 4 nitrogen and oxygen atoms in total. The number of nitrogens with one attached hydrogen (secondary N) is 2. The molecular formula is C10H15N3OS. The second-order valence-corrected chi connectivity index (χ2v) is 4.61. The monoisotopic (exact) mass is 225 g/mol. The highest BCUT2D eigenvalue weighted by Gasteiger charge is 2.20. The molecule has 1 fully saturated rings. The Labute approximate surface area is 93.1 Å². The van der Waals surface area contributed by atoms with Gasteiger partial charge in [0.2, 0.25) is 5.91 Å². The number of aromatic nitrogens is 1. The number of thiazole rings is 1. The van der Waals surface area contributed by atoms with Gasteiger partial charge in [-0.15, -0.1) is 11.3 Å². The zero-order chi connectivity index (χ0) is 10.7. The van der Waals surface area contributed by atoms with Gasteiger partial charge < -0.3 is 10.6 Å². The molecule has 2 N–H and O–H groups in total. The summed E-state index contributed by atoms with van der Waals surface area (Å²) in [5, 5.41) is 9.38. The SMILES string of the molecule is CCc1nc(CNC2CNC(=O)C2)cs1. The molecule has 0 radical (unpaired) electrons. The van der Waals surface area contributed by atoms with E-state index in [4.69, 9.17) is 0 Å². The van der Waals surface area contributed by atoms with Crippen molar-refractivity contribution in [2.45, 2.75) is 32.4 Å². The Morgan fingerprint density at radius 3 is 3.20 bits per heavy atom. The fourth-order valence-corrected chi connectivity index (χ4v) is 2.34. The van der Waals surface area contributed by atoms with Gasteiger partial charge >= 0.3 is 0 Å². The van der Waals surface area contributed by atoms with Gasteiger partial charge in [-0.3, -0.25) is 4.79 Å². The Morgan fingerprint density at radius 1 is 1.73 bits per heavy atom. The van der Waals surface area contributed by atoms with E-state index in [0.717, 1.165) is 25.2 Å². The summed E-state index contributed by atoms with van der Waals surface area (Å²) in [6.07, 6.45) is 1.58. The van der Waals surface area contributed by atoms with E-state index in [2.05, 4.69) is 27.9 Å². The minimum atomic E-state index is 0.139. The number of amides is 1. The molecule has 0 spiro atoms. The van der Waals surface area contributed by atoms with Crippen LogP contribution in [0.5, 0.6) is 0 Å². The van der Waals surface area contributed by atoms with Gasteiger partial charge in [0.05, 0.1) is 10.7 Å². The van der Waals surface area contributed by atoms with Crippen molar-refractivity contribution >= 4 is 17.2 Å². The number of aryl methyl sites for hydroxylation is 1. The minimum absolute atomic E-state index is 0.139. The van der Waals surface area contributed by atoms with Crippen LogP contribution in [0, 0.1) is 0 Å². The molecule has 82 valence electrons. The topological polar surface area (TPSA) is 54.0 Å². The van der Waals surface area contributed by atoms with Gasteiger partial charge in [-0.05, 0) is 6.42 Å². The Morgan fingerprint density at radius 2 is 2.60 bits per heavy atom. The summed E-state index contributed by atoms with van der Waals surface area (Å²) >= 11 is 1.70. The average Bonchev–Trinajstić information content (AvgIpc) is 2.83. The Balaban J connectivity index is 1.80. The lowest BCUT2D eigenvalue weighted by Gasteiger charge is -2.07. The molecule has 1 aliphatic heterocycles. The second kappa shape index (κ2) is 4.72. The molecule has 2 heterocycles. The van der Waals surface area contributed by atoms with Gasteiger partial charge in [0.1, 0.15) is 0 Å². The van der Waals surface area contributed by atoms with E-state index in [1.54, 1.807) is 11.3 Å². The molecule has 15 heavy (non-hydrogen) atoms. The second-order valence-electron chi connectivity index (χ2n) is 3.67. The average molecular weight is 225 g/mol. The maximum absolute atomic E-state index is 11.0. The van der Waals surface area contributed by atoms with Gasteiger partial charge in [-0.2, -0.15) is 0 Å². The van der Waals surface area contributed by atoms with E-state index in [9.17, 15) is 4.79 Å². The van der Waals surface area contributed by atoms with Crippen LogP contribution in [0.3, 0.4) is 0 Å². The third kappa shape index (κ3) is 2.76. The van der Waals surface area contributed by atoms with Gasteiger partial charge in [-0.25, -0.2) is 4.98 Å². The quantitative estimate of drug-likeness (QED) is 0.792. The molecular weight excluding hydrogens is 210 g/mol. The van der Waals surface area contributed by atoms with Crippen molar-refractivity contribution in [2.24, 2.45) is 0 Å². The number of rotatable bonds is 4. The first-order chi connectivity index (χ1) is 7.28. The number of hydrogen-bond acceptors (Lipinski definition) is 4. The van der Waals surface area contributed by atoms with E-state index >= 15 is 0 Å². The molecule has 1 atom stereocenters. The standard InChI is InChI=1S/C10H15N3OS/c1-2-10-13-8(6-15-10)5-11-7-3-9(14)12-4-7/h6-7,11H,2-5H2,1H3,(H,12,14). The van der Waals surface area contributed by atoms with Crippen LogP contribution in [-0.4, -0.2) is 23.5 Å². The van der Waals surface area contributed by atoms with E-state index in [0.29, 0.717) is 6.42 Å². The van der Waals surface area contributed by atoms with Gasteiger partial charge in [-0.1, -0.05) is 6.92 Å². The van der Waals surface area contributed by atoms with Crippen molar-refractivity contribution in [3.63, 3.8) is 0 Å². The Kier molecular flexibility index (Phi) is 3.33. The third-order valence-electron chi connectivity index (χ3n) is 2.45. The Hall–Kier alpha value is -0.940. The molecule has 5 heteroatoms. The highest BCUT2D eigenvalue weighted by atomic mass is 32.1. The molecule has 1 aromatic heterocycles. The Bertz CT molecular complexity index is 350. The summed E-state index contributed by atoms with van der Waals surface area (Å²) in [7, 11) is 0. The van der Waals surface area contributed by atoms with Crippen molar-refractivity contribution in [2.75, 3.05) is 6.54 Å². The molecule has 0 aromatic carbocycles. The van der Waals surface area contributed by atoms with Crippen LogP contribution in [-0.2, 0) is 17.8 Å². The van der Waals surface area contributed by atoms with Gasteiger partial charge in [0, 0.05) is 30.9 Å². The van der Waals surface area contributed by atoms with Crippen LogP contribution in [0.4, 0.5) is 0 Å². The summed E-state index contributed by atoms with van der Waals surface area (Å²) in [5.74, 6) is 0.139. The van der Waals surface area contributed by atoms with Gasteiger partial charge in [0.25, 0.3) is 0 Å². The molecule has 0 bridgehead atoms. The molecule has 2 rings (SSSR count). The number of hydrogen-bond donors (Lipinski definition) is 2. The molecule has 1 amide bonds. The molecule has 1 aromatic rings. The van der Waals surface area contributed by atoms with E-state index in [1.807, 2.05) is 0 Å². The van der Waals surface area contributed by atoms with Crippen LogP contribution in [0.1, 0.15) is 24.0 Å². The van der Waals surface area contributed by atoms with E-state index in [-0.39, 0.29) is 11.9 Å². The van der Waals surface area contributed by atoms with E-state index in [1.165, 1.54) is 5.01 Å². The smallest absolute Gasteiger partial charge is 0.221 e. The zero-order valence-electron chi connectivity index (χ0n) is 8.75. The lowest BCUT2D eigenvalue weighted by atomic mass is 10.2. The van der Waals surface area contributed by atoms with Crippen molar-refractivity contribution in [1.82, 2.24) is 15.6 Å². The third-order valence-corrected chi connectivity index (χ3v) is 3.49. The largest absolute Gasteiger partial charge is 0.354 e. The fraction of sp³-hybridized carbons (Fsp3) is 0.600. The first-order valence-corrected chi connectivity index (χ1v) is 6.09. The summed E-state index contributed by atoms with van der Waals surface area (Å²) in [6.45, 7) is 3.61. The van der Waals surface area contributed by atoms with Crippen LogP contribution < -0.4 is 10.6 Å². The summed E-state index contributed by atoms with van der Waals surface area (Å²) < 4.78 is 0. The lowest BCUT2D eigenvalue weighted by Crippen LogP contribution is -2.30. The van der Waals surface area contributed by atoms with E-state index < -0.39 is 0 Å². The predicted molar refractivity (Wildman–Crippen MR) is 59.7 cm³/mol. The number of carbonyl (C=O) groups is 1. The first kappa shape index (κ1) is 10.6. The molecule has 0 aliphatic carbocycles. The van der Waals surface area contributed by atoms with Crippen molar-refractivity contribution < 1.29 is 4.79 Å². The highest BCUT2D eigenvalue weighted by Crippen LogP contribution is 2.10. The lowest BCUT2D eigenvalue weighted by molar-refractivity contribution is -0.119. The number of carbonyl (C=O) groups excluding carboxylic acids is 1. The molecule has 1 aliphatic rings. The maximum Gasteiger partial charge on any atom is 0.221 e. The summed E-state index contributed by atoms with van der Waals surface area (Å²) in [5.41, 5.74) is 1.08. The molecule has 1 saturated heterocycles. The summed E-state index contributed by atoms with van der Waals surface area (Å²) in [6, 6.07) is 0.268. The van der Waals surface area contributed by atoms with Crippen molar-refractivity contribution in [3.05, 3.63) is 16.1 Å². The first-order valence-electron chi connectivity index (χ1n) is 5.21. The predicted octanol–water partition coefficient (Wildman–Crippen LogP) is 0.684. The zero-order valence-corrected chi connectivity index (χ0v) is 9.56. The van der Waals surface area contributed by atoms with Crippen molar-refractivity contribution in [3.8, 4) is 0 Å². The van der Waals surface area contributed by atoms with Crippen LogP contribution in [0.25, 0.3) is 0 Å². The van der Waals surface area contributed by atoms with Crippen molar-refractivity contribution in [1.29, 1.82) is 0 Å². The molecule has 0 saturated carbocycles. The maximum atomic E-state index is 11.0. The normalized spacial score (nSPS) is 20.6. The number of nitrogens with zero attached hydrogens (tertiary/aromatic N) is 1. The van der Waals surface area contributed by atoms with Crippen LogP contribution in [0.2, 0.25) is 0 Å². The van der Waals surface area contributed by atoms with Gasteiger partial charge in [0.15, 0.2) is 0 Å². The van der Waals surface area contributed by atoms with Crippen LogP contribution in [0.15, 0.2) is 5.38 Å². The molecule has 1 unspecified atom stereocenters. The minimum Gasteiger partial charge on any atom is -0.354 e. The summed E-state index contributed by atoms with van der Waals surface area (Å²) in [4.78, 5) is 15.4. The highest BCUT2D eigenvalue weighted by molar-refractivity contribution is 7.09.